The number of nitrogens with one attached hydrogen (secondary N) is 2. The molecule has 0 aromatic rings. The molecule has 1 fully saturated rings. The second-order valence-electron chi connectivity index (χ2n) is 6.45. The Bertz CT molecular complexity index is 260. The van der Waals surface area contributed by atoms with Gasteiger partial charge in [0.25, 0.3) is 0 Å². The zero-order valence-electron chi connectivity index (χ0n) is 13.6. The molecule has 3 nitrogen and oxygen atoms in total. The summed E-state index contributed by atoms with van der Waals surface area (Å²) < 4.78 is 0. The minimum Gasteiger partial charge on any atom is -0.355 e. The molecule has 0 bridgehead atoms. The molecule has 0 radical (unpaired) electrons. The highest BCUT2D eigenvalue weighted by atomic mass is 16.2. The van der Waals surface area contributed by atoms with Crippen LogP contribution in [0, 0.1) is 0 Å². The highest BCUT2D eigenvalue weighted by Crippen LogP contribution is 2.18. The smallest absolute Gasteiger partial charge is 0.240 e. The first-order chi connectivity index (χ1) is 9.69. The molecule has 3 heteroatoms. The van der Waals surface area contributed by atoms with E-state index in [1.54, 1.807) is 0 Å². The highest BCUT2D eigenvalue weighted by Gasteiger charge is 2.33. The van der Waals surface area contributed by atoms with Gasteiger partial charge in [0, 0.05) is 6.54 Å². The van der Waals surface area contributed by atoms with E-state index in [4.69, 9.17) is 0 Å². The minimum atomic E-state index is -0.321. The van der Waals surface area contributed by atoms with Crippen LogP contribution in [-0.4, -0.2) is 24.5 Å². The lowest BCUT2D eigenvalue weighted by Gasteiger charge is -2.33. The molecule has 1 heterocycles. The quantitative estimate of drug-likeness (QED) is 0.599. The van der Waals surface area contributed by atoms with E-state index in [0.29, 0.717) is 0 Å². The summed E-state index contributed by atoms with van der Waals surface area (Å²) in [6.07, 6.45) is 13.8. The normalized spacial score (nSPS) is 22.7. The molecule has 0 saturated carbocycles. The van der Waals surface area contributed by atoms with Crippen molar-refractivity contribution in [2.45, 2.75) is 90.0 Å². The molecular weight excluding hydrogens is 248 g/mol. The van der Waals surface area contributed by atoms with Gasteiger partial charge in [-0.3, -0.25) is 4.79 Å². The third-order valence-corrected chi connectivity index (χ3v) is 4.44. The number of rotatable bonds is 10. The second-order valence-corrected chi connectivity index (χ2v) is 6.45. The molecule has 1 aliphatic rings. The van der Waals surface area contributed by atoms with E-state index in [1.807, 2.05) is 6.92 Å². The van der Waals surface area contributed by atoms with Crippen LogP contribution in [0.15, 0.2) is 0 Å². The fourth-order valence-electron chi connectivity index (χ4n) is 2.91. The van der Waals surface area contributed by atoms with Crippen molar-refractivity contribution in [1.29, 1.82) is 0 Å². The largest absolute Gasteiger partial charge is 0.355 e. The van der Waals surface area contributed by atoms with Gasteiger partial charge in [-0.2, -0.15) is 0 Å². The van der Waals surface area contributed by atoms with Crippen molar-refractivity contribution < 1.29 is 4.79 Å². The van der Waals surface area contributed by atoms with Crippen LogP contribution in [0.2, 0.25) is 0 Å². The fourth-order valence-corrected chi connectivity index (χ4v) is 2.91. The van der Waals surface area contributed by atoms with Gasteiger partial charge < -0.3 is 10.6 Å². The van der Waals surface area contributed by atoms with E-state index in [1.165, 1.54) is 51.4 Å². The van der Waals surface area contributed by atoms with Crippen molar-refractivity contribution in [2.75, 3.05) is 13.1 Å². The zero-order valence-corrected chi connectivity index (χ0v) is 13.6. The van der Waals surface area contributed by atoms with Gasteiger partial charge in [0.05, 0.1) is 5.54 Å². The van der Waals surface area contributed by atoms with Crippen molar-refractivity contribution in [2.24, 2.45) is 0 Å². The Morgan fingerprint density at radius 1 is 1.05 bits per heavy atom. The molecular formula is C17H34N2O. The average molecular weight is 282 g/mol. The first-order valence-electron chi connectivity index (χ1n) is 8.72. The van der Waals surface area contributed by atoms with Gasteiger partial charge in [0.15, 0.2) is 0 Å². The van der Waals surface area contributed by atoms with E-state index in [-0.39, 0.29) is 11.4 Å². The standard InChI is InChI=1S/C17H34N2O/c1-3-4-5-6-7-8-9-11-14-18-16(20)17(2)13-10-12-15-19-17/h19H,3-15H2,1-2H3,(H,18,20)/t17-/m1/s1. The van der Waals surface area contributed by atoms with Crippen molar-refractivity contribution in [3.8, 4) is 0 Å². The molecule has 20 heavy (non-hydrogen) atoms. The van der Waals surface area contributed by atoms with Crippen molar-refractivity contribution in [3.63, 3.8) is 0 Å². The van der Waals surface area contributed by atoms with Crippen molar-refractivity contribution in [3.05, 3.63) is 0 Å². The maximum absolute atomic E-state index is 12.2. The molecule has 2 N–H and O–H groups in total. The molecule has 1 saturated heterocycles. The number of hydrogen-bond donors (Lipinski definition) is 2. The monoisotopic (exact) mass is 282 g/mol. The van der Waals surface area contributed by atoms with E-state index >= 15 is 0 Å². The summed E-state index contributed by atoms with van der Waals surface area (Å²) in [5, 5.41) is 6.47. The molecule has 0 aromatic heterocycles. The Morgan fingerprint density at radius 2 is 1.70 bits per heavy atom. The van der Waals surface area contributed by atoms with Gasteiger partial charge in [-0.05, 0) is 39.2 Å². The Kier molecular flexibility index (Phi) is 8.92. The van der Waals surface area contributed by atoms with E-state index in [2.05, 4.69) is 17.6 Å². The van der Waals surface area contributed by atoms with Gasteiger partial charge >= 0.3 is 0 Å². The predicted molar refractivity (Wildman–Crippen MR) is 85.9 cm³/mol. The topological polar surface area (TPSA) is 41.1 Å². The summed E-state index contributed by atoms with van der Waals surface area (Å²) in [7, 11) is 0. The molecule has 0 aliphatic carbocycles. The van der Waals surface area contributed by atoms with Crippen LogP contribution in [0.5, 0.6) is 0 Å². The van der Waals surface area contributed by atoms with Crippen LogP contribution < -0.4 is 10.6 Å². The van der Waals surface area contributed by atoms with Gasteiger partial charge in [-0.1, -0.05) is 51.9 Å². The fraction of sp³-hybridized carbons (Fsp3) is 0.941. The molecule has 1 aliphatic heterocycles. The number of unbranched alkanes of at least 4 members (excludes halogenated alkanes) is 7. The maximum atomic E-state index is 12.2. The highest BCUT2D eigenvalue weighted by molar-refractivity contribution is 5.85. The van der Waals surface area contributed by atoms with Crippen LogP contribution in [0.4, 0.5) is 0 Å². The molecule has 1 rings (SSSR count). The lowest BCUT2D eigenvalue weighted by molar-refractivity contribution is -0.127. The molecule has 0 unspecified atom stereocenters. The first-order valence-corrected chi connectivity index (χ1v) is 8.72. The second kappa shape index (κ2) is 10.2. The SMILES string of the molecule is CCCCCCCCCCNC(=O)[C@@]1(C)CCCCN1. The van der Waals surface area contributed by atoms with E-state index < -0.39 is 0 Å². The van der Waals surface area contributed by atoms with Gasteiger partial charge in [-0.15, -0.1) is 0 Å². The lowest BCUT2D eigenvalue weighted by Crippen LogP contribution is -2.57. The lowest BCUT2D eigenvalue weighted by atomic mass is 9.90. The van der Waals surface area contributed by atoms with Gasteiger partial charge in [-0.25, -0.2) is 0 Å². The maximum Gasteiger partial charge on any atom is 0.240 e. The van der Waals surface area contributed by atoms with Crippen molar-refractivity contribution in [1.82, 2.24) is 10.6 Å². The summed E-state index contributed by atoms with van der Waals surface area (Å²) in [5.74, 6) is 0.195. The first kappa shape index (κ1) is 17.5. The summed E-state index contributed by atoms with van der Waals surface area (Å²) in [4.78, 5) is 12.2. The molecule has 1 amide bonds. The number of amides is 1. The van der Waals surface area contributed by atoms with Crippen LogP contribution >= 0.6 is 0 Å². The Morgan fingerprint density at radius 3 is 2.30 bits per heavy atom. The zero-order chi connectivity index (χ0) is 14.7. The van der Waals surface area contributed by atoms with Crippen molar-refractivity contribution >= 4 is 5.91 Å². The molecule has 0 aromatic carbocycles. The summed E-state index contributed by atoms with van der Waals surface area (Å²) in [5.41, 5.74) is -0.321. The summed E-state index contributed by atoms with van der Waals surface area (Å²) >= 11 is 0. The van der Waals surface area contributed by atoms with E-state index in [9.17, 15) is 4.79 Å². The Hall–Kier alpha value is -0.570. The third kappa shape index (κ3) is 6.74. The Balaban J connectivity index is 1.96. The van der Waals surface area contributed by atoms with Gasteiger partial charge in [0.2, 0.25) is 5.91 Å². The predicted octanol–water partition coefficient (Wildman–Crippen LogP) is 3.78. The van der Waals surface area contributed by atoms with E-state index in [0.717, 1.165) is 32.4 Å². The van der Waals surface area contributed by atoms with Crippen LogP contribution in [0.3, 0.4) is 0 Å². The van der Waals surface area contributed by atoms with Crippen LogP contribution in [0.25, 0.3) is 0 Å². The van der Waals surface area contributed by atoms with Crippen LogP contribution in [0.1, 0.15) is 84.5 Å². The minimum absolute atomic E-state index is 0.195. The number of carbonyl (C=O) groups excluding carboxylic acids is 1. The summed E-state index contributed by atoms with van der Waals surface area (Å²) in [6.45, 7) is 6.10. The number of hydrogen-bond acceptors (Lipinski definition) is 2. The third-order valence-electron chi connectivity index (χ3n) is 4.44. The summed E-state index contributed by atoms with van der Waals surface area (Å²) in [6, 6.07) is 0. The number of piperidine rings is 1. The molecule has 1 atom stereocenters. The average Bonchev–Trinajstić information content (AvgIpc) is 2.46. The molecule has 118 valence electrons. The van der Waals surface area contributed by atoms with Gasteiger partial charge in [0.1, 0.15) is 0 Å². The molecule has 0 spiro atoms. The number of carbonyl (C=O) groups is 1. The Labute approximate surface area is 125 Å². The van der Waals surface area contributed by atoms with Crippen LogP contribution in [-0.2, 0) is 4.79 Å².